The summed E-state index contributed by atoms with van der Waals surface area (Å²) in [7, 11) is 0. The van der Waals surface area contributed by atoms with Gasteiger partial charge >= 0.3 is 0 Å². The molecule has 0 fully saturated rings. The monoisotopic (exact) mass is 395 g/mol. The quantitative estimate of drug-likeness (QED) is 0.485. The van der Waals surface area contributed by atoms with Crippen molar-refractivity contribution >= 4 is 34.3 Å². The minimum absolute atomic E-state index is 0.00881. The molecule has 3 rings (SSSR count). The van der Waals surface area contributed by atoms with Crippen LogP contribution in [0, 0.1) is 13.8 Å². The number of aryl methyl sites for hydroxylation is 2. The summed E-state index contributed by atoms with van der Waals surface area (Å²) in [6.45, 7) is 8.03. The number of hydrogen-bond donors (Lipinski definition) is 1. The Kier molecular flexibility index (Phi) is 6.19. The van der Waals surface area contributed by atoms with E-state index < -0.39 is 0 Å². The lowest BCUT2D eigenvalue weighted by Gasteiger charge is -2.18. The van der Waals surface area contributed by atoms with Crippen molar-refractivity contribution in [2.45, 2.75) is 45.3 Å². The Morgan fingerprint density at radius 1 is 1.21 bits per heavy atom. The number of hydrogen-bond acceptors (Lipinski definition) is 4. The molecule has 28 heavy (non-hydrogen) atoms. The summed E-state index contributed by atoms with van der Waals surface area (Å²) >= 11 is 1.30. The van der Waals surface area contributed by atoms with Crippen molar-refractivity contribution in [1.82, 2.24) is 9.55 Å². The largest absolute Gasteiger partial charge is 0.325 e. The average Bonchev–Trinajstić information content (AvgIpc) is 2.68. The van der Waals surface area contributed by atoms with E-state index in [1.54, 1.807) is 10.6 Å². The number of carbonyl (C=O) groups excluding carboxylic acids is 1. The van der Waals surface area contributed by atoms with E-state index in [2.05, 4.69) is 10.3 Å². The summed E-state index contributed by atoms with van der Waals surface area (Å²) < 4.78 is 1.71. The molecule has 0 aliphatic heterocycles. The fourth-order valence-corrected chi connectivity index (χ4v) is 3.97. The number of nitrogens with zero attached hydrogens (tertiary/aromatic N) is 2. The fraction of sp³-hybridized carbons (Fsp3) is 0.318. The third-order valence-electron chi connectivity index (χ3n) is 4.80. The lowest BCUT2D eigenvalue weighted by atomic mass is 10.1. The summed E-state index contributed by atoms with van der Waals surface area (Å²) in [5.74, 6) is 0.0733. The van der Waals surface area contributed by atoms with E-state index in [4.69, 9.17) is 0 Å². The summed E-state index contributed by atoms with van der Waals surface area (Å²) in [6.07, 6.45) is 0.808. The molecule has 1 N–H and O–H groups in total. The van der Waals surface area contributed by atoms with Crippen molar-refractivity contribution in [2.75, 3.05) is 11.1 Å². The summed E-state index contributed by atoms with van der Waals surface area (Å²) in [4.78, 5) is 30.1. The van der Waals surface area contributed by atoms with Crippen molar-refractivity contribution in [2.24, 2.45) is 0 Å². The average molecular weight is 396 g/mol. The number of benzene rings is 2. The first kappa shape index (κ1) is 20.1. The molecule has 1 aromatic heterocycles. The first-order valence-electron chi connectivity index (χ1n) is 9.42. The number of nitrogens with one attached hydrogen (secondary N) is 1. The molecule has 0 aliphatic rings. The topological polar surface area (TPSA) is 64.0 Å². The maximum Gasteiger partial charge on any atom is 0.262 e. The van der Waals surface area contributed by atoms with Gasteiger partial charge in [-0.1, -0.05) is 48.5 Å². The van der Waals surface area contributed by atoms with E-state index in [-0.39, 0.29) is 23.3 Å². The van der Waals surface area contributed by atoms with Gasteiger partial charge in [0.2, 0.25) is 5.91 Å². The predicted octanol–water partition coefficient (Wildman–Crippen LogP) is 4.72. The van der Waals surface area contributed by atoms with E-state index in [0.717, 1.165) is 23.2 Å². The Labute approximate surface area is 169 Å². The number of amides is 1. The van der Waals surface area contributed by atoms with Gasteiger partial charge in [-0.3, -0.25) is 14.2 Å². The first-order valence-corrected chi connectivity index (χ1v) is 10.4. The van der Waals surface area contributed by atoms with E-state index in [0.29, 0.717) is 16.1 Å². The second-order valence-electron chi connectivity index (χ2n) is 7.00. The van der Waals surface area contributed by atoms with Crippen LogP contribution < -0.4 is 10.9 Å². The number of para-hydroxylation sites is 1. The van der Waals surface area contributed by atoms with E-state index in [9.17, 15) is 9.59 Å². The van der Waals surface area contributed by atoms with Crippen molar-refractivity contribution in [3.05, 3.63) is 63.9 Å². The molecule has 146 valence electrons. The van der Waals surface area contributed by atoms with Gasteiger partial charge in [-0.05, 0) is 51.0 Å². The number of fused-ring (bicyclic) bond motifs is 1. The molecule has 0 spiro atoms. The molecule has 0 saturated heterocycles. The third kappa shape index (κ3) is 4.28. The van der Waals surface area contributed by atoms with Crippen LogP contribution in [0.15, 0.2) is 52.4 Å². The van der Waals surface area contributed by atoms with Gasteiger partial charge in [0.05, 0.1) is 16.7 Å². The maximum atomic E-state index is 13.0. The highest BCUT2D eigenvalue weighted by molar-refractivity contribution is 7.99. The summed E-state index contributed by atoms with van der Waals surface area (Å²) in [5.41, 5.74) is 3.59. The molecule has 6 heteroatoms. The molecule has 5 nitrogen and oxygen atoms in total. The minimum Gasteiger partial charge on any atom is -0.325 e. The molecule has 3 aromatic rings. The third-order valence-corrected chi connectivity index (χ3v) is 5.75. The molecule has 0 radical (unpaired) electrons. The van der Waals surface area contributed by atoms with Crippen molar-refractivity contribution in [3.63, 3.8) is 0 Å². The van der Waals surface area contributed by atoms with Crippen LogP contribution in [0.3, 0.4) is 0 Å². The molecular formula is C22H25N3O2S. The number of thioether (sulfide) groups is 1. The molecule has 1 amide bonds. The van der Waals surface area contributed by atoms with Gasteiger partial charge < -0.3 is 5.32 Å². The molecule has 0 unspecified atom stereocenters. The van der Waals surface area contributed by atoms with E-state index in [1.165, 1.54) is 11.8 Å². The van der Waals surface area contributed by atoms with E-state index >= 15 is 0 Å². The zero-order valence-electron chi connectivity index (χ0n) is 16.7. The Morgan fingerprint density at radius 2 is 1.96 bits per heavy atom. The van der Waals surface area contributed by atoms with Gasteiger partial charge in [0.1, 0.15) is 0 Å². The molecule has 0 saturated carbocycles. The Morgan fingerprint density at radius 3 is 2.68 bits per heavy atom. The highest BCUT2D eigenvalue weighted by Crippen LogP contribution is 2.23. The van der Waals surface area contributed by atoms with Gasteiger partial charge in [-0.15, -0.1) is 0 Å². The molecule has 1 atom stereocenters. The highest BCUT2D eigenvalue weighted by atomic mass is 32.2. The highest BCUT2D eigenvalue weighted by Gasteiger charge is 2.16. The lowest BCUT2D eigenvalue weighted by molar-refractivity contribution is -0.113. The van der Waals surface area contributed by atoms with Gasteiger partial charge in [0.25, 0.3) is 5.56 Å². The second kappa shape index (κ2) is 8.61. The Bertz CT molecular complexity index is 1080. The Hall–Kier alpha value is -2.60. The zero-order chi connectivity index (χ0) is 20.3. The SMILES string of the molecule is CC[C@H](C)n1c(SCC(=O)Nc2ccc(C)cc2C)nc2ccccc2c1=O. The zero-order valence-corrected chi connectivity index (χ0v) is 17.5. The van der Waals surface area contributed by atoms with Gasteiger partial charge in [-0.2, -0.15) is 0 Å². The van der Waals surface area contributed by atoms with Gasteiger partial charge in [0, 0.05) is 11.7 Å². The molecule has 2 aromatic carbocycles. The van der Waals surface area contributed by atoms with Crippen molar-refractivity contribution in [3.8, 4) is 0 Å². The van der Waals surface area contributed by atoms with Crippen LogP contribution >= 0.6 is 11.8 Å². The van der Waals surface area contributed by atoms with Crippen LogP contribution in [-0.4, -0.2) is 21.2 Å². The van der Waals surface area contributed by atoms with Crippen LogP contribution in [0.1, 0.15) is 37.4 Å². The summed E-state index contributed by atoms with van der Waals surface area (Å²) in [5, 5.41) is 4.13. The van der Waals surface area contributed by atoms with E-state index in [1.807, 2.05) is 64.1 Å². The maximum absolute atomic E-state index is 13.0. The Balaban J connectivity index is 1.85. The minimum atomic E-state index is -0.116. The van der Waals surface area contributed by atoms with Crippen LogP contribution in [0.5, 0.6) is 0 Å². The number of anilines is 1. The lowest BCUT2D eigenvalue weighted by Crippen LogP contribution is -2.26. The van der Waals surface area contributed by atoms with Crippen LogP contribution in [0.4, 0.5) is 5.69 Å². The van der Waals surface area contributed by atoms with Gasteiger partial charge in [-0.25, -0.2) is 4.98 Å². The molecule has 0 aliphatic carbocycles. The first-order chi connectivity index (χ1) is 13.4. The molecule has 1 heterocycles. The smallest absolute Gasteiger partial charge is 0.262 e. The predicted molar refractivity (Wildman–Crippen MR) is 116 cm³/mol. The van der Waals surface area contributed by atoms with Gasteiger partial charge in [0.15, 0.2) is 5.16 Å². The van der Waals surface area contributed by atoms with Crippen LogP contribution in [0.2, 0.25) is 0 Å². The number of aromatic nitrogens is 2. The number of carbonyl (C=O) groups is 1. The van der Waals surface area contributed by atoms with Crippen LogP contribution in [0.25, 0.3) is 10.9 Å². The molecule has 0 bridgehead atoms. The molecular weight excluding hydrogens is 370 g/mol. The van der Waals surface area contributed by atoms with Crippen molar-refractivity contribution in [1.29, 1.82) is 0 Å². The standard InChI is InChI=1S/C22H25N3O2S/c1-5-16(4)25-21(27)17-8-6-7-9-19(17)24-22(25)28-13-20(26)23-18-11-10-14(2)12-15(18)3/h6-12,16H,5,13H2,1-4H3,(H,23,26)/t16-/m0/s1. The number of rotatable bonds is 6. The summed E-state index contributed by atoms with van der Waals surface area (Å²) in [6, 6.07) is 13.3. The normalized spacial score (nSPS) is 12.1. The van der Waals surface area contributed by atoms with Crippen molar-refractivity contribution < 1.29 is 4.79 Å². The second-order valence-corrected chi connectivity index (χ2v) is 7.94. The fourth-order valence-electron chi connectivity index (χ4n) is 3.07. The van der Waals surface area contributed by atoms with Crippen LogP contribution in [-0.2, 0) is 4.79 Å².